The molecule has 1 aromatic heterocycles. The van der Waals surface area contributed by atoms with Crippen LogP contribution >= 0.6 is 11.3 Å². The third-order valence-electron chi connectivity index (χ3n) is 2.47. The highest BCUT2D eigenvalue weighted by molar-refractivity contribution is 7.07. The number of aromatic nitrogens is 1. The average molecular weight is 271 g/mol. The molecule has 100 valence electrons. The molecule has 1 aromatic rings. The van der Waals surface area contributed by atoms with Crippen LogP contribution in [0.4, 0.5) is 0 Å². The lowest BCUT2D eigenvalue weighted by molar-refractivity contribution is -0.170. The fraction of sp³-hybridized carbons (Fsp3) is 0.583. The molecule has 0 unspecified atom stereocenters. The van der Waals surface area contributed by atoms with Crippen LogP contribution in [0.3, 0.4) is 0 Å². The topological polar surface area (TPSA) is 65.5 Å². The summed E-state index contributed by atoms with van der Waals surface area (Å²) in [5, 5.41) is 1.80. The van der Waals surface area contributed by atoms with Gasteiger partial charge in [-0.2, -0.15) is 0 Å². The first-order chi connectivity index (χ1) is 8.54. The molecule has 0 saturated carbocycles. The molecule has 1 rings (SSSR count). The zero-order valence-corrected chi connectivity index (χ0v) is 11.6. The van der Waals surface area contributed by atoms with Crippen molar-refractivity contribution in [1.82, 2.24) is 4.98 Å². The molecule has 6 heteroatoms. The number of hydrogen-bond acceptors (Lipinski definition) is 6. The minimum absolute atomic E-state index is 0.189. The Morgan fingerprint density at radius 2 is 1.83 bits per heavy atom. The van der Waals surface area contributed by atoms with Gasteiger partial charge in [-0.25, -0.2) is 4.98 Å². The summed E-state index contributed by atoms with van der Waals surface area (Å²) >= 11 is 1.42. The number of esters is 2. The first-order valence-electron chi connectivity index (χ1n) is 5.76. The van der Waals surface area contributed by atoms with E-state index in [2.05, 4.69) is 4.98 Å². The lowest BCUT2D eigenvalue weighted by Gasteiger charge is -2.24. The van der Waals surface area contributed by atoms with Gasteiger partial charge in [-0.1, -0.05) is 0 Å². The highest BCUT2D eigenvalue weighted by atomic mass is 32.1. The van der Waals surface area contributed by atoms with Gasteiger partial charge in [0.2, 0.25) is 0 Å². The van der Waals surface area contributed by atoms with Gasteiger partial charge in [0.05, 0.1) is 24.4 Å². The molecule has 0 aromatic carbocycles. The Kier molecular flexibility index (Phi) is 5.27. The van der Waals surface area contributed by atoms with Crippen LogP contribution in [0.15, 0.2) is 10.9 Å². The van der Waals surface area contributed by atoms with E-state index in [-0.39, 0.29) is 19.6 Å². The Balaban J connectivity index is 2.92. The summed E-state index contributed by atoms with van der Waals surface area (Å²) < 4.78 is 9.92. The predicted octanol–water partition coefficient (Wildman–Crippen LogP) is 1.82. The van der Waals surface area contributed by atoms with Crippen molar-refractivity contribution in [3.8, 4) is 0 Å². The van der Waals surface area contributed by atoms with Crippen molar-refractivity contribution < 1.29 is 19.1 Å². The zero-order valence-electron chi connectivity index (χ0n) is 10.8. The molecule has 0 radical (unpaired) electrons. The van der Waals surface area contributed by atoms with Gasteiger partial charge in [0.1, 0.15) is 0 Å². The van der Waals surface area contributed by atoms with E-state index < -0.39 is 17.4 Å². The Labute approximate surface area is 110 Å². The van der Waals surface area contributed by atoms with E-state index in [0.29, 0.717) is 5.69 Å². The van der Waals surface area contributed by atoms with Gasteiger partial charge >= 0.3 is 11.9 Å². The van der Waals surface area contributed by atoms with Gasteiger partial charge in [-0.05, 0) is 20.8 Å². The Hall–Kier alpha value is -1.43. The average Bonchev–Trinajstić information content (AvgIpc) is 2.82. The van der Waals surface area contributed by atoms with Crippen molar-refractivity contribution in [2.45, 2.75) is 27.2 Å². The van der Waals surface area contributed by atoms with E-state index in [4.69, 9.17) is 9.47 Å². The highest BCUT2D eigenvalue weighted by Gasteiger charge is 2.44. The molecule has 0 saturated heterocycles. The van der Waals surface area contributed by atoms with Crippen molar-refractivity contribution in [2.75, 3.05) is 13.2 Å². The van der Waals surface area contributed by atoms with Crippen molar-refractivity contribution in [3.05, 3.63) is 16.6 Å². The second-order valence-corrected chi connectivity index (χ2v) is 4.65. The molecule has 1 heterocycles. The molecule has 0 aliphatic rings. The quantitative estimate of drug-likeness (QED) is 0.583. The van der Waals surface area contributed by atoms with Crippen LogP contribution in [0.25, 0.3) is 0 Å². The Bertz CT molecular complexity index is 384. The molecule has 0 N–H and O–H groups in total. The number of carbonyl (C=O) groups excluding carboxylic acids is 2. The summed E-state index contributed by atoms with van der Waals surface area (Å²) in [5.41, 5.74) is 1.01. The summed E-state index contributed by atoms with van der Waals surface area (Å²) in [7, 11) is 0. The zero-order chi connectivity index (χ0) is 13.6. The largest absolute Gasteiger partial charge is 0.465 e. The minimum atomic E-state index is -1.33. The van der Waals surface area contributed by atoms with E-state index in [1.54, 1.807) is 24.7 Å². The van der Waals surface area contributed by atoms with Gasteiger partial charge < -0.3 is 9.47 Å². The Morgan fingerprint density at radius 3 is 2.22 bits per heavy atom. The van der Waals surface area contributed by atoms with Gasteiger partial charge in [0, 0.05) is 11.8 Å². The monoisotopic (exact) mass is 271 g/mol. The van der Waals surface area contributed by atoms with Gasteiger partial charge in [-0.15, -0.1) is 11.3 Å². The summed E-state index contributed by atoms with van der Waals surface area (Å²) in [4.78, 5) is 28.0. The number of hydrogen-bond donors (Lipinski definition) is 0. The van der Waals surface area contributed by atoms with E-state index in [1.165, 1.54) is 18.3 Å². The van der Waals surface area contributed by atoms with Crippen molar-refractivity contribution in [2.24, 2.45) is 5.41 Å². The van der Waals surface area contributed by atoms with Crippen LogP contribution in [0, 0.1) is 5.41 Å². The summed E-state index contributed by atoms with van der Waals surface area (Å²) in [5.74, 6) is -1.15. The minimum Gasteiger partial charge on any atom is -0.465 e. The van der Waals surface area contributed by atoms with Crippen LogP contribution in [0.5, 0.6) is 0 Å². The second-order valence-electron chi connectivity index (χ2n) is 3.93. The molecular weight excluding hydrogens is 254 g/mol. The standard InChI is InChI=1S/C12H17NO4S/c1-4-16-10(14)12(3,11(15)17-5-2)6-9-7-18-8-13-9/h7-8H,4-6H2,1-3H3. The molecule has 0 bridgehead atoms. The van der Waals surface area contributed by atoms with Gasteiger partial charge in [0.25, 0.3) is 0 Å². The molecule has 0 aliphatic heterocycles. The highest BCUT2D eigenvalue weighted by Crippen LogP contribution is 2.26. The van der Waals surface area contributed by atoms with E-state index in [9.17, 15) is 9.59 Å². The normalized spacial score (nSPS) is 11.1. The third-order valence-corrected chi connectivity index (χ3v) is 3.11. The predicted molar refractivity (Wildman–Crippen MR) is 67.2 cm³/mol. The SMILES string of the molecule is CCOC(=O)C(C)(Cc1cscn1)C(=O)OCC. The van der Waals surface area contributed by atoms with E-state index in [1.807, 2.05) is 0 Å². The van der Waals surface area contributed by atoms with E-state index in [0.717, 1.165) is 0 Å². The molecule has 0 atom stereocenters. The number of thiazole rings is 1. The molecular formula is C12H17NO4S. The number of carbonyl (C=O) groups is 2. The fourth-order valence-corrected chi connectivity index (χ4v) is 2.05. The van der Waals surface area contributed by atoms with Crippen LogP contribution in [-0.2, 0) is 25.5 Å². The maximum absolute atomic E-state index is 12.0. The number of ether oxygens (including phenoxy) is 2. The summed E-state index contributed by atoms with van der Waals surface area (Å²) in [6, 6.07) is 0. The maximum Gasteiger partial charge on any atom is 0.323 e. The summed E-state index contributed by atoms with van der Waals surface area (Å²) in [6.45, 7) is 5.39. The number of rotatable bonds is 6. The third kappa shape index (κ3) is 3.29. The molecule has 5 nitrogen and oxygen atoms in total. The maximum atomic E-state index is 12.0. The molecule has 18 heavy (non-hydrogen) atoms. The molecule has 0 aliphatic carbocycles. The Morgan fingerprint density at radius 1 is 1.28 bits per heavy atom. The molecule has 0 fully saturated rings. The second kappa shape index (κ2) is 6.49. The first kappa shape index (κ1) is 14.6. The van der Waals surface area contributed by atoms with Crippen molar-refractivity contribution >= 4 is 23.3 Å². The number of nitrogens with zero attached hydrogens (tertiary/aromatic N) is 1. The van der Waals surface area contributed by atoms with Crippen LogP contribution in [0.1, 0.15) is 26.5 Å². The van der Waals surface area contributed by atoms with Crippen LogP contribution in [0.2, 0.25) is 0 Å². The van der Waals surface area contributed by atoms with Crippen LogP contribution < -0.4 is 0 Å². The molecule has 0 spiro atoms. The first-order valence-corrected chi connectivity index (χ1v) is 6.70. The van der Waals surface area contributed by atoms with Crippen molar-refractivity contribution in [3.63, 3.8) is 0 Å². The van der Waals surface area contributed by atoms with Gasteiger partial charge in [-0.3, -0.25) is 9.59 Å². The van der Waals surface area contributed by atoms with Gasteiger partial charge in [0.15, 0.2) is 5.41 Å². The van der Waals surface area contributed by atoms with E-state index >= 15 is 0 Å². The van der Waals surface area contributed by atoms with Crippen LogP contribution in [-0.4, -0.2) is 30.1 Å². The smallest absolute Gasteiger partial charge is 0.323 e. The van der Waals surface area contributed by atoms with Crippen molar-refractivity contribution in [1.29, 1.82) is 0 Å². The fourth-order valence-electron chi connectivity index (χ4n) is 1.50. The summed E-state index contributed by atoms with van der Waals surface area (Å²) in [6.07, 6.45) is 0.189. The lowest BCUT2D eigenvalue weighted by atomic mass is 9.85. The molecule has 0 amide bonds. The lowest BCUT2D eigenvalue weighted by Crippen LogP contribution is -2.41.